The summed E-state index contributed by atoms with van der Waals surface area (Å²) in [4.78, 5) is 28.1. The molecule has 152 valence electrons. The van der Waals surface area contributed by atoms with Gasteiger partial charge in [0.1, 0.15) is 0 Å². The van der Waals surface area contributed by atoms with Crippen molar-refractivity contribution in [1.29, 1.82) is 0 Å². The van der Waals surface area contributed by atoms with Crippen LogP contribution in [-0.4, -0.2) is 23.0 Å². The van der Waals surface area contributed by atoms with Crippen molar-refractivity contribution < 1.29 is 22.4 Å². The van der Waals surface area contributed by atoms with Crippen LogP contribution in [0.1, 0.15) is 24.1 Å². The summed E-state index contributed by atoms with van der Waals surface area (Å²) in [5, 5.41) is 2.71. The smallest absolute Gasteiger partial charge is 0.317 e. The molecule has 0 bridgehead atoms. The van der Waals surface area contributed by atoms with E-state index in [1.54, 1.807) is 6.92 Å². The third-order valence-corrected chi connectivity index (χ3v) is 4.75. The third kappa shape index (κ3) is 4.08. The maximum atomic E-state index is 13.7. The van der Waals surface area contributed by atoms with Gasteiger partial charge in [-0.2, -0.15) is 0 Å². The summed E-state index contributed by atoms with van der Waals surface area (Å²) in [5.74, 6) is -4.26. The summed E-state index contributed by atoms with van der Waals surface area (Å²) in [7, 11) is 1.47. The van der Waals surface area contributed by atoms with Crippen LogP contribution in [0.25, 0.3) is 10.8 Å². The minimum Gasteiger partial charge on any atom is -0.334 e. The lowest BCUT2D eigenvalue weighted by molar-refractivity contribution is 0.194. The highest BCUT2D eigenvalue weighted by atomic mass is 19.2. The number of amides is 2. The summed E-state index contributed by atoms with van der Waals surface area (Å²) >= 11 is 0. The van der Waals surface area contributed by atoms with E-state index in [1.165, 1.54) is 24.2 Å². The van der Waals surface area contributed by atoms with Crippen LogP contribution < -0.4 is 10.9 Å². The van der Waals surface area contributed by atoms with Crippen molar-refractivity contribution in [3.8, 4) is 0 Å². The lowest BCUT2D eigenvalue weighted by atomic mass is 10.0. The zero-order chi connectivity index (χ0) is 21.3. The SMILES string of the molecule is C[C@@H](c1c[nH]c(=O)c2cc(F)c(F)cc12)N(C)C(=O)NCc1ccc(F)c(F)c1. The molecule has 0 spiro atoms. The lowest BCUT2D eigenvalue weighted by Gasteiger charge is -2.26. The molecule has 1 aromatic heterocycles. The fraction of sp³-hybridized carbons (Fsp3) is 0.200. The van der Waals surface area contributed by atoms with Crippen molar-refractivity contribution in [3.05, 3.63) is 81.3 Å². The van der Waals surface area contributed by atoms with Gasteiger partial charge in [-0.25, -0.2) is 22.4 Å². The van der Waals surface area contributed by atoms with E-state index in [-0.39, 0.29) is 17.3 Å². The number of aromatic amines is 1. The number of carbonyl (C=O) groups excluding carboxylic acids is 1. The molecule has 5 nitrogen and oxygen atoms in total. The van der Waals surface area contributed by atoms with Crippen LogP contribution in [-0.2, 0) is 6.54 Å². The molecule has 29 heavy (non-hydrogen) atoms. The van der Waals surface area contributed by atoms with Gasteiger partial charge in [0.15, 0.2) is 23.3 Å². The maximum absolute atomic E-state index is 13.7. The van der Waals surface area contributed by atoms with Crippen LogP contribution in [0.3, 0.4) is 0 Å². The minimum absolute atomic E-state index is 0.0381. The van der Waals surface area contributed by atoms with Crippen molar-refractivity contribution in [3.63, 3.8) is 0 Å². The largest absolute Gasteiger partial charge is 0.334 e. The van der Waals surface area contributed by atoms with E-state index >= 15 is 0 Å². The number of benzene rings is 2. The van der Waals surface area contributed by atoms with Gasteiger partial charge in [-0.05, 0) is 47.7 Å². The molecular formula is C20H17F4N3O2. The van der Waals surface area contributed by atoms with E-state index in [9.17, 15) is 27.2 Å². The van der Waals surface area contributed by atoms with Gasteiger partial charge in [0.25, 0.3) is 5.56 Å². The van der Waals surface area contributed by atoms with Crippen molar-refractivity contribution >= 4 is 16.8 Å². The molecule has 0 saturated carbocycles. The zero-order valence-electron chi connectivity index (χ0n) is 15.5. The van der Waals surface area contributed by atoms with Gasteiger partial charge < -0.3 is 15.2 Å². The van der Waals surface area contributed by atoms with E-state index in [1.807, 2.05) is 0 Å². The Labute approximate surface area is 163 Å². The fourth-order valence-electron chi connectivity index (χ4n) is 2.95. The van der Waals surface area contributed by atoms with Crippen LogP contribution >= 0.6 is 0 Å². The number of pyridine rings is 1. The monoisotopic (exact) mass is 407 g/mol. The van der Waals surface area contributed by atoms with E-state index in [0.717, 1.165) is 24.3 Å². The van der Waals surface area contributed by atoms with Gasteiger partial charge in [0.2, 0.25) is 0 Å². The van der Waals surface area contributed by atoms with E-state index in [2.05, 4.69) is 10.3 Å². The standard InChI is InChI=1S/C20H17F4N3O2/c1-10(14-9-25-19(28)13-7-18(24)17(23)6-12(13)14)27(2)20(29)26-8-11-3-4-15(21)16(22)5-11/h3-7,9-10H,8H2,1-2H3,(H,25,28)(H,26,29)/t10-/m0/s1. The molecular weight excluding hydrogens is 390 g/mol. The first-order valence-electron chi connectivity index (χ1n) is 8.64. The van der Waals surface area contributed by atoms with Gasteiger partial charge >= 0.3 is 6.03 Å². The van der Waals surface area contributed by atoms with Crippen LogP contribution in [0.5, 0.6) is 0 Å². The number of nitrogens with zero attached hydrogens (tertiary/aromatic N) is 1. The molecule has 2 aromatic carbocycles. The van der Waals surface area contributed by atoms with Crippen LogP contribution in [0, 0.1) is 23.3 Å². The van der Waals surface area contributed by atoms with Gasteiger partial charge in [0, 0.05) is 19.8 Å². The van der Waals surface area contributed by atoms with E-state index in [4.69, 9.17) is 0 Å². The zero-order valence-corrected chi connectivity index (χ0v) is 15.5. The highest BCUT2D eigenvalue weighted by Crippen LogP contribution is 2.26. The second-order valence-electron chi connectivity index (χ2n) is 6.58. The van der Waals surface area contributed by atoms with Gasteiger partial charge in [-0.1, -0.05) is 6.07 Å². The Balaban J connectivity index is 1.82. The Morgan fingerprint density at radius 2 is 1.66 bits per heavy atom. The molecule has 0 aliphatic heterocycles. The highest BCUT2D eigenvalue weighted by molar-refractivity contribution is 5.86. The maximum Gasteiger partial charge on any atom is 0.317 e. The number of halogens is 4. The number of hydrogen-bond acceptors (Lipinski definition) is 2. The van der Waals surface area contributed by atoms with Crippen LogP contribution in [0.2, 0.25) is 0 Å². The Hall–Kier alpha value is -3.36. The molecule has 0 fully saturated rings. The van der Waals surface area contributed by atoms with Crippen molar-refractivity contribution in [2.75, 3.05) is 7.05 Å². The first-order chi connectivity index (χ1) is 13.7. The number of aromatic nitrogens is 1. The molecule has 0 aliphatic carbocycles. The summed E-state index contributed by atoms with van der Waals surface area (Å²) in [5.41, 5.74) is 0.189. The number of nitrogens with one attached hydrogen (secondary N) is 2. The Bertz CT molecular complexity index is 1150. The Morgan fingerprint density at radius 3 is 2.31 bits per heavy atom. The number of carbonyl (C=O) groups is 1. The molecule has 1 heterocycles. The number of H-pyrrole nitrogens is 1. The van der Waals surface area contributed by atoms with Gasteiger partial charge in [-0.3, -0.25) is 4.79 Å². The molecule has 2 N–H and O–H groups in total. The summed E-state index contributed by atoms with van der Waals surface area (Å²) in [6, 6.07) is 3.85. The molecule has 9 heteroatoms. The molecule has 0 aliphatic rings. The topological polar surface area (TPSA) is 65.2 Å². The average Bonchev–Trinajstić information content (AvgIpc) is 2.69. The average molecular weight is 407 g/mol. The normalized spacial score (nSPS) is 12.1. The summed E-state index contributed by atoms with van der Waals surface area (Å²) in [6.45, 7) is 1.60. The second kappa shape index (κ2) is 7.94. The molecule has 1 atom stereocenters. The molecule has 0 unspecified atom stereocenters. The van der Waals surface area contributed by atoms with Crippen LogP contribution in [0.4, 0.5) is 22.4 Å². The first-order valence-corrected chi connectivity index (χ1v) is 8.64. The van der Waals surface area contributed by atoms with E-state index < -0.39 is 40.9 Å². The minimum atomic E-state index is -1.15. The molecule has 0 saturated heterocycles. The third-order valence-electron chi connectivity index (χ3n) is 4.75. The van der Waals surface area contributed by atoms with Crippen LogP contribution in [0.15, 0.2) is 41.3 Å². The summed E-state index contributed by atoms with van der Waals surface area (Å²) in [6.07, 6.45) is 1.34. The summed E-state index contributed by atoms with van der Waals surface area (Å²) < 4.78 is 53.5. The van der Waals surface area contributed by atoms with Crippen molar-refractivity contribution in [2.24, 2.45) is 0 Å². The first kappa shape index (κ1) is 20.4. The lowest BCUT2D eigenvalue weighted by Crippen LogP contribution is -2.38. The molecule has 0 radical (unpaired) electrons. The fourth-order valence-corrected chi connectivity index (χ4v) is 2.95. The predicted octanol–water partition coefficient (Wildman–Crippen LogP) is 3.99. The predicted molar refractivity (Wildman–Crippen MR) is 99.3 cm³/mol. The number of urea groups is 1. The molecule has 3 aromatic rings. The Morgan fingerprint density at radius 1 is 1.03 bits per heavy atom. The quantitative estimate of drug-likeness (QED) is 0.643. The highest BCUT2D eigenvalue weighted by Gasteiger charge is 2.21. The van der Waals surface area contributed by atoms with E-state index in [0.29, 0.717) is 11.1 Å². The van der Waals surface area contributed by atoms with Crippen molar-refractivity contribution in [1.82, 2.24) is 15.2 Å². The van der Waals surface area contributed by atoms with Crippen molar-refractivity contribution in [2.45, 2.75) is 19.5 Å². The Kier molecular flexibility index (Phi) is 5.58. The second-order valence-corrected chi connectivity index (χ2v) is 6.58. The number of fused-ring (bicyclic) bond motifs is 1. The number of rotatable bonds is 4. The van der Waals surface area contributed by atoms with Gasteiger partial charge in [-0.15, -0.1) is 0 Å². The number of hydrogen-bond donors (Lipinski definition) is 2. The molecule has 2 amide bonds. The van der Waals surface area contributed by atoms with Gasteiger partial charge in [0.05, 0.1) is 11.4 Å². The molecule has 3 rings (SSSR count).